The zero-order valence-electron chi connectivity index (χ0n) is 8.83. The fraction of sp³-hybridized carbons (Fsp3) is 0.600. The van der Waals surface area contributed by atoms with Crippen LogP contribution in [0.15, 0.2) is 23.9 Å². The Morgan fingerprint density at radius 1 is 1.17 bits per heavy atom. The Labute approximate surface area is 76.2 Å². The largest absolute Gasteiger partial charge is 0.378 e. The van der Waals surface area contributed by atoms with Gasteiger partial charge in [0, 0.05) is 26.3 Å². The minimum absolute atomic E-state index is 0.991. The van der Waals surface area contributed by atoms with Crippen LogP contribution in [0.2, 0.25) is 0 Å². The first kappa shape index (κ1) is 11.2. The topological polar surface area (TPSA) is 6.48 Å². The Balaban J connectivity index is 3.95. The highest BCUT2D eigenvalue weighted by molar-refractivity contribution is 5.15. The summed E-state index contributed by atoms with van der Waals surface area (Å²) in [4.78, 5) is 4.24. The van der Waals surface area contributed by atoms with Crippen molar-refractivity contribution in [3.8, 4) is 0 Å². The summed E-state index contributed by atoms with van der Waals surface area (Å²) in [5.74, 6) is 0. The van der Waals surface area contributed by atoms with Crippen LogP contribution in [-0.4, -0.2) is 44.5 Å². The maximum Gasteiger partial charge on any atom is 0.0314 e. The molecule has 2 heteroatoms. The second-order valence-electron chi connectivity index (χ2n) is 3.27. The van der Waals surface area contributed by atoms with Crippen LogP contribution in [0.5, 0.6) is 0 Å². The van der Waals surface area contributed by atoms with Crippen LogP contribution in [0.25, 0.3) is 0 Å². The van der Waals surface area contributed by atoms with Gasteiger partial charge < -0.3 is 9.80 Å². The van der Waals surface area contributed by atoms with Gasteiger partial charge in [0.2, 0.25) is 0 Å². The molecule has 0 spiro atoms. The van der Waals surface area contributed by atoms with Gasteiger partial charge >= 0.3 is 0 Å². The number of hydrogen-bond donors (Lipinski definition) is 0. The summed E-state index contributed by atoms with van der Waals surface area (Å²) in [6.45, 7) is 3.04. The van der Waals surface area contributed by atoms with E-state index in [1.54, 1.807) is 0 Å². The number of rotatable bonds is 4. The molecule has 0 aromatic rings. The van der Waals surface area contributed by atoms with Crippen molar-refractivity contribution >= 4 is 0 Å². The van der Waals surface area contributed by atoms with Crippen LogP contribution in [0, 0.1) is 0 Å². The van der Waals surface area contributed by atoms with Gasteiger partial charge in [0.05, 0.1) is 0 Å². The number of nitrogens with zero attached hydrogens (tertiary/aromatic N) is 2. The monoisotopic (exact) mass is 168 g/mol. The summed E-state index contributed by atoms with van der Waals surface area (Å²) < 4.78 is 0. The molecule has 12 heavy (non-hydrogen) atoms. The first-order valence-corrected chi connectivity index (χ1v) is 4.22. The molecule has 0 N–H and O–H groups in total. The van der Waals surface area contributed by atoms with Crippen molar-refractivity contribution < 1.29 is 0 Å². The third-order valence-electron chi connectivity index (χ3n) is 1.57. The van der Waals surface area contributed by atoms with E-state index in [-0.39, 0.29) is 0 Å². The molecule has 0 aliphatic heterocycles. The SMILES string of the molecule is C/C=C(\C=C/CN(C)C)N(C)C. The maximum atomic E-state index is 2.16. The Kier molecular flexibility index (Phi) is 5.47. The molecule has 0 aromatic carbocycles. The summed E-state index contributed by atoms with van der Waals surface area (Å²) in [5, 5.41) is 0. The molecule has 0 aliphatic carbocycles. The molecular formula is C10H20N2. The third-order valence-corrected chi connectivity index (χ3v) is 1.57. The van der Waals surface area contributed by atoms with Crippen molar-refractivity contribution in [3.05, 3.63) is 23.9 Å². The summed E-state index contributed by atoms with van der Waals surface area (Å²) in [7, 11) is 8.23. The van der Waals surface area contributed by atoms with E-state index in [0.29, 0.717) is 0 Å². The van der Waals surface area contributed by atoms with E-state index in [1.807, 2.05) is 0 Å². The highest BCUT2D eigenvalue weighted by atomic mass is 15.1. The molecule has 0 heterocycles. The first-order chi connectivity index (χ1) is 5.57. The minimum atomic E-state index is 0.991. The van der Waals surface area contributed by atoms with Gasteiger partial charge in [-0.05, 0) is 27.1 Å². The predicted molar refractivity (Wildman–Crippen MR) is 55.1 cm³/mol. The lowest BCUT2D eigenvalue weighted by Crippen LogP contribution is -2.12. The van der Waals surface area contributed by atoms with E-state index >= 15 is 0 Å². The number of likely N-dealkylation sites (N-methyl/N-ethyl adjacent to an activating group) is 2. The first-order valence-electron chi connectivity index (χ1n) is 4.22. The molecule has 0 radical (unpaired) electrons. The van der Waals surface area contributed by atoms with Crippen LogP contribution in [0.4, 0.5) is 0 Å². The smallest absolute Gasteiger partial charge is 0.0314 e. The molecule has 0 rings (SSSR count). The summed E-state index contributed by atoms with van der Waals surface area (Å²) in [6, 6.07) is 0. The van der Waals surface area contributed by atoms with E-state index in [1.165, 1.54) is 5.70 Å². The second-order valence-corrected chi connectivity index (χ2v) is 3.27. The molecule has 0 bridgehead atoms. The maximum absolute atomic E-state index is 2.16. The van der Waals surface area contributed by atoms with Crippen molar-refractivity contribution in [1.82, 2.24) is 9.80 Å². The fourth-order valence-corrected chi connectivity index (χ4v) is 0.888. The Morgan fingerprint density at radius 3 is 2.08 bits per heavy atom. The van der Waals surface area contributed by atoms with Crippen LogP contribution in [0.1, 0.15) is 6.92 Å². The van der Waals surface area contributed by atoms with Crippen molar-refractivity contribution in [1.29, 1.82) is 0 Å². The lowest BCUT2D eigenvalue weighted by molar-refractivity contribution is 0.455. The quantitative estimate of drug-likeness (QED) is 0.588. The van der Waals surface area contributed by atoms with E-state index in [9.17, 15) is 0 Å². The summed E-state index contributed by atoms with van der Waals surface area (Å²) in [5.41, 5.74) is 1.25. The van der Waals surface area contributed by atoms with Gasteiger partial charge in [0.1, 0.15) is 0 Å². The molecule has 0 aliphatic rings. The predicted octanol–water partition coefficient (Wildman–Crippen LogP) is 1.57. The van der Waals surface area contributed by atoms with Gasteiger partial charge in [-0.1, -0.05) is 12.2 Å². The Hall–Kier alpha value is -0.760. The van der Waals surface area contributed by atoms with Gasteiger partial charge in [-0.2, -0.15) is 0 Å². The van der Waals surface area contributed by atoms with Crippen molar-refractivity contribution in [2.24, 2.45) is 0 Å². The third kappa shape index (κ3) is 4.97. The van der Waals surface area contributed by atoms with Crippen LogP contribution in [-0.2, 0) is 0 Å². The summed E-state index contributed by atoms with van der Waals surface area (Å²) in [6.07, 6.45) is 6.40. The molecule has 0 fully saturated rings. The molecule has 0 saturated carbocycles. The van der Waals surface area contributed by atoms with Crippen molar-refractivity contribution in [2.45, 2.75) is 6.92 Å². The van der Waals surface area contributed by atoms with Crippen molar-refractivity contribution in [3.63, 3.8) is 0 Å². The van der Waals surface area contributed by atoms with E-state index in [2.05, 4.69) is 63.1 Å². The highest BCUT2D eigenvalue weighted by Crippen LogP contribution is 1.99. The average molecular weight is 168 g/mol. The molecular weight excluding hydrogens is 148 g/mol. The lowest BCUT2D eigenvalue weighted by Gasteiger charge is -2.13. The van der Waals surface area contributed by atoms with Crippen LogP contribution in [0.3, 0.4) is 0 Å². The van der Waals surface area contributed by atoms with E-state index in [0.717, 1.165) is 6.54 Å². The van der Waals surface area contributed by atoms with E-state index in [4.69, 9.17) is 0 Å². The van der Waals surface area contributed by atoms with Gasteiger partial charge in [-0.3, -0.25) is 0 Å². The fourth-order valence-electron chi connectivity index (χ4n) is 0.888. The molecule has 2 nitrogen and oxygen atoms in total. The Bertz CT molecular complexity index is 167. The molecule has 0 amide bonds. The highest BCUT2D eigenvalue weighted by Gasteiger charge is 1.90. The number of allylic oxidation sites excluding steroid dienone is 2. The average Bonchev–Trinajstić information content (AvgIpc) is 1.96. The molecule has 70 valence electrons. The standard InChI is InChI=1S/C10H20N2/c1-6-10(12(4)5)8-7-9-11(2)3/h6-8H,9H2,1-5H3/b8-7-,10-6+. The van der Waals surface area contributed by atoms with Gasteiger partial charge in [-0.25, -0.2) is 0 Å². The van der Waals surface area contributed by atoms with E-state index < -0.39 is 0 Å². The number of hydrogen-bond acceptors (Lipinski definition) is 2. The van der Waals surface area contributed by atoms with Crippen molar-refractivity contribution in [2.75, 3.05) is 34.7 Å². The molecule has 0 atom stereocenters. The molecule has 0 aromatic heterocycles. The lowest BCUT2D eigenvalue weighted by atomic mass is 10.3. The molecule has 0 saturated heterocycles. The van der Waals surface area contributed by atoms with Gasteiger partial charge in [0.25, 0.3) is 0 Å². The zero-order valence-corrected chi connectivity index (χ0v) is 8.83. The normalized spacial score (nSPS) is 13.0. The minimum Gasteiger partial charge on any atom is -0.378 e. The second kappa shape index (κ2) is 5.84. The Morgan fingerprint density at radius 2 is 1.75 bits per heavy atom. The zero-order chi connectivity index (χ0) is 9.56. The van der Waals surface area contributed by atoms with Gasteiger partial charge in [0.15, 0.2) is 0 Å². The van der Waals surface area contributed by atoms with Crippen LogP contribution >= 0.6 is 0 Å². The van der Waals surface area contributed by atoms with Gasteiger partial charge in [-0.15, -0.1) is 0 Å². The molecule has 0 unspecified atom stereocenters. The summed E-state index contributed by atoms with van der Waals surface area (Å²) >= 11 is 0. The van der Waals surface area contributed by atoms with Crippen LogP contribution < -0.4 is 0 Å².